The Bertz CT molecular complexity index is 374. The normalized spacial score (nSPS) is 20.0. The number of aryl methyl sites for hydroxylation is 1. The molecule has 4 nitrogen and oxygen atoms in total. The van der Waals surface area contributed by atoms with Crippen LogP contribution in [0.1, 0.15) is 11.1 Å². The topological polar surface area (TPSA) is 58.4 Å². The third-order valence-corrected chi connectivity index (χ3v) is 2.83. The van der Waals surface area contributed by atoms with Crippen LogP contribution in [0.2, 0.25) is 0 Å². The summed E-state index contributed by atoms with van der Waals surface area (Å²) in [6, 6.07) is 8.30. The Balaban J connectivity index is 2.00. The van der Waals surface area contributed by atoms with Crippen LogP contribution in [0.25, 0.3) is 0 Å². The first-order valence-electron chi connectivity index (χ1n) is 5.50. The van der Waals surface area contributed by atoms with E-state index < -0.39 is 0 Å². The molecule has 0 bridgehead atoms. The van der Waals surface area contributed by atoms with Crippen LogP contribution in [0.15, 0.2) is 24.3 Å². The third kappa shape index (κ3) is 2.33. The molecule has 2 amide bonds. The molecule has 1 unspecified atom stereocenters. The van der Waals surface area contributed by atoms with Crippen molar-refractivity contribution in [1.82, 2.24) is 10.2 Å². The third-order valence-electron chi connectivity index (χ3n) is 2.83. The van der Waals surface area contributed by atoms with Gasteiger partial charge in [-0.15, -0.1) is 0 Å². The fourth-order valence-corrected chi connectivity index (χ4v) is 1.84. The Kier molecular flexibility index (Phi) is 3.10. The lowest BCUT2D eigenvalue weighted by atomic mass is 10.1. The van der Waals surface area contributed by atoms with Gasteiger partial charge in [-0.1, -0.05) is 29.8 Å². The zero-order valence-corrected chi connectivity index (χ0v) is 9.44. The van der Waals surface area contributed by atoms with Gasteiger partial charge in [-0.3, -0.25) is 0 Å². The predicted octanol–water partition coefficient (Wildman–Crippen LogP) is 0.848. The van der Waals surface area contributed by atoms with Crippen molar-refractivity contribution in [3.05, 3.63) is 35.4 Å². The minimum absolute atomic E-state index is 0.0176. The Morgan fingerprint density at radius 1 is 1.44 bits per heavy atom. The van der Waals surface area contributed by atoms with Gasteiger partial charge in [0.2, 0.25) is 0 Å². The molecule has 3 N–H and O–H groups in total. The van der Waals surface area contributed by atoms with Crippen molar-refractivity contribution >= 4 is 6.03 Å². The molecule has 1 aliphatic rings. The molecule has 1 aromatic rings. The lowest BCUT2D eigenvalue weighted by Crippen LogP contribution is -2.33. The maximum atomic E-state index is 11.6. The fourth-order valence-electron chi connectivity index (χ4n) is 1.84. The van der Waals surface area contributed by atoms with Crippen LogP contribution in [0.3, 0.4) is 0 Å². The van der Waals surface area contributed by atoms with Crippen LogP contribution in [0, 0.1) is 6.92 Å². The number of hydrogen-bond acceptors (Lipinski definition) is 2. The second-order valence-corrected chi connectivity index (χ2v) is 4.25. The molecule has 2 rings (SSSR count). The van der Waals surface area contributed by atoms with Gasteiger partial charge in [0.1, 0.15) is 0 Å². The van der Waals surface area contributed by atoms with Crippen LogP contribution in [-0.2, 0) is 6.54 Å². The van der Waals surface area contributed by atoms with E-state index in [1.54, 1.807) is 4.90 Å². The van der Waals surface area contributed by atoms with Crippen LogP contribution in [-0.4, -0.2) is 30.1 Å². The van der Waals surface area contributed by atoms with Crippen LogP contribution in [0.4, 0.5) is 4.79 Å². The Morgan fingerprint density at radius 3 is 2.69 bits per heavy atom. The summed E-state index contributed by atoms with van der Waals surface area (Å²) < 4.78 is 0. The molecule has 1 heterocycles. The number of rotatable bonds is 3. The van der Waals surface area contributed by atoms with E-state index in [9.17, 15) is 4.79 Å². The summed E-state index contributed by atoms with van der Waals surface area (Å²) >= 11 is 0. The molecule has 1 aromatic carbocycles. The first-order valence-corrected chi connectivity index (χ1v) is 5.50. The van der Waals surface area contributed by atoms with Crippen LogP contribution < -0.4 is 11.1 Å². The van der Waals surface area contributed by atoms with Crippen molar-refractivity contribution in [2.45, 2.75) is 19.5 Å². The zero-order chi connectivity index (χ0) is 11.5. The standard InChI is InChI=1S/C12H17N3O/c1-9-2-4-10(5-3-9)7-15-8-11(6-13)14-12(15)16/h2-5,11H,6-8,13H2,1H3,(H,14,16). The number of hydrogen-bond donors (Lipinski definition) is 2. The van der Waals surface area contributed by atoms with E-state index in [1.807, 2.05) is 0 Å². The Morgan fingerprint density at radius 2 is 2.12 bits per heavy atom. The highest BCUT2D eigenvalue weighted by molar-refractivity contribution is 5.76. The molecule has 1 saturated heterocycles. The number of nitrogens with two attached hydrogens (primary N) is 1. The summed E-state index contributed by atoms with van der Waals surface area (Å²) in [6.07, 6.45) is 0. The van der Waals surface area contributed by atoms with Crippen LogP contribution in [0.5, 0.6) is 0 Å². The number of nitrogens with one attached hydrogen (secondary N) is 1. The zero-order valence-electron chi connectivity index (χ0n) is 9.44. The van der Waals surface area contributed by atoms with Gasteiger partial charge in [0.05, 0.1) is 6.04 Å². The van der Waals surface area contributed by atoms with E-state index in [2.05, 4.69) is 36.5 Å². The number of amides is 2. The molecule has 4 heteroatoms. The fraction of sp³-hybridized carbons (Fsp3) is 0.417. The van der Waals surface area contributed by atoms with Gasteiger partial charge >= 0.3 is 6.03 Å². The molecule has 1 aliphatic heterocycles. The molecule has 0 aromatic heterocycles. The van der Waals surface area contributed by atoms with E-state index in [-0.39, 0.29) is 12.1 Å². The van der Waals surface area contributed by atoms with Crippen molar-refractivity contribution < 1.29 is 4.79 Å². The summed E-state index contributed by atoms with van der Waals surface area (Å²) in [6.45, 7) is 3.90. The number of carbonyl (C=O) groups excluding carboxylic acids is 1. The van der Waals surface area contributed by atoms with Crippen LogP contribution >= 0.6 is 0 Å². The van der Waals surface area contributed by atoms with Crippen molar-refractivity contribution in [2.24, 2.45) is 5.73 Å². The minimum atomic E-state index is -0.0176. The predicted molar refractivity (Wildman–Crippen MR) is 63.0 cm³/mol. The number of carbonyl (C=O) groups is 1. The molecule has 0 saturated carbocycles. The molecule has 0 radical (unpaired) electrons. The summed E-state index contributed by atoms with van der Waals surface area (Å²) in [5.74, 6) is 0. The quantitative estimate of drug-likeness (QED) is 0.791. The van der Waals surface area contributed by atoms with Gasteiger partial charge < -0.3 is 16.0 Å². The highest BCUT2D eigenvalue weighted by atomic mass is 16.2. The summed E-state index contributed by atoms with van der Waals surface area (Å²) in [5, 5.41) is 2.85. The molecule has 0 aliphatic carbocycles. The second-order valence-electron chi connectivity index (χ2n) is 4.25. The van der Waals surface area contributed by atoms with E-state index in [0.29, 0.717) is 19.6 Å². The smallest absolute Gasteiger partial charge is 0.318 e. The molecular formula is C12H17N3O. The highest BCUT2D eigenvalue weighted by Crippen LogP contribution is 2.10. The SMILES string of the molecule is Cc1ccc(CN2CC(CN)NC2=O)cc1. The van der Waals surface area contributed by atoms with E-state index in [1.165, 1.54) is 5.56 Å². The second kappa shape index (κ2) is 4.53. The highest BCUT2D eigenvalue weighted by Gasteiger charge is 2.27. The van der Waals surface area contributed by atoms with Crippen molar-refractivity contribution in [1.29, 1.82) is 0 Å². The lowest BCUT2D eigenvalue weighted by Gasteiger charge is -2.14. The van der Waals surface area contributed by atoms with Gasteiger partial charge in [0, 0.05) is 19.6 Å². The van der Waals surface area contributed by atoms with E-state index in [4.69, 9.17) is 5.73 Å². The van der Waals surface area contributed by atoms with Crippen molar-refractivity contribution in [2.75, 3.05) is 13.1 Å². The largest absolute Gasteiger partial charge is 0.332 e. The number of nitrogens with zero attached hydrogens (tertiary/aromatic N) is 1. The summed E-state index contributed by atoms with van der Waals surface area (Å²) in [4.78, 5) is 13.4. The monoisotopic (exact) mass is 219 g/mol. The average molecular weight is 219 g/mol. The lowest BCUT2D eigenvalue weighted by molar-refractivity contribution is 0.215. The Hall–Kier alpha value is -1.55. The average Bonchev–Trinajstić information content (AvgIpc) is 2.63. The maximum Gasteiger partial charge on any atom is 0.318 e. The number of urea groups is 1. The molecule has 0 spiro atoms. The summed E-state index contributed by atoms with van der Waals surface area (Å²) in [7, 11) is 0. The molecule has 1 atom stereocenters. The van der Waals surface area contributed by atoms with Gasteiger partial charge in [-0.05, 0) is 12.5 Å². The van der Waals surface area contributed by atoms with Gasteiger partial charge in [-0.2, -0.15) is 0 Å². The van der Waals surface area contributed by atoms with Gasteiger partial charge in [-0.25, -0.2) is 4.79 Å². The molecule has 86 valence electrons. The molecule has 1 fully saturated rings. The van der Waals surface area contributed by atoms with E-state index in [0.717, 1.165) is 5.56 Å². The first-order chi connectivity index (χ1) is 7.69. The van der Waals surface area contributed by atoms with Crippen molar-refractivity contribution in [3.63, 3.8) is 0 Å². The molecular weight excluding hydrogens is 202 g/mol. The minimum Gasteiger partial charge on any atom is -0.332 e. The summed E-state index contributed by atoms with van der Waals surface area (Å²) in [5.41, 5.74) is 7.91. The molecule has 16 heavy (non-hydrogen) atoms. The van der Waals surface area contributed by atoms with Crippen molar-refractivity contribution in [3.8, 4) is 0 Å². The maximum absolute atomic E-state index is 11.6. The Labute approximate surface area is 95.4 Å². The van der Waals surface area contributed by atoms with Gasteiger partial charge in [0.15, 0.2) is 0 Å². The van der Waals surface area contributed by atoms with E-state index >= 15 is 0 Å². The van der Waals surface area contributed by atoms with Gasteiger partial charge in [0.25, 0.3) is 0 Å². The number of benzene rings is 1. The first kappa shape index (κ1) is 11.0.